The lowest BCUT2D eigenvalue weighted by atomic mass is 10.0. The number of nitrogens with one attached hydrogen (secondary N) is 1. The summed E-state index contributed by atoms with van der Waals surface area (Å²) in [6.07, 6.45) is 5.19. The highest BCUT2D eigenvalue weighted by Crippen LogP contribution is 2.38. The smallest absolute Gasteiger partial charge is 0.243 e. The lowest BCUT2D eigenvalue weighted by molar-refractivity contribution is -0.121. The van der Waals surface area contributed by atoms with Gasteiger partial charge in [0.1, 0.15) is 5.15 Å². The zero-order chi connectivity index (χ0) is 17.3. The lowest BCUT2D eigenvalue weighted by Gasteiger charge is -2.29. The third-order valence-electron chi connectivity index (χ3n) is 4.50. The van der Waals surface area contributed by atoms with E-state index in [2.05, 4.69) is 25.3 Å². The van der Waals surface area contributed by atoms with E-state index < -0.39 is 0 Å². The van der Waals surface area contributed by atoms with Gasteiger partial charge in [-0.1, -0.05) is 11.6 Å². The number of likely N-dealkylation sites (tertiary alicyclic amines) is 1. The van der Waals surface area contributed by atoms with E-state index >= 15 is 0 Å². The summed E-state index contributed by atoms with van der Waals surface area (Å²) in [4.78, 5) is 22.8. The first-order valence-corrected chi connectivity index (χ1v) is 8.39. The highest BCUT2D eigenvalue weighted by atomic mass is 35.5. The predicted octanol–water partition coefficient (Wildman–Crippen LogP) is 2.34. The number of rotatable bonds is 4. The second kappa shape index (κ2) is 6.86. The monoisotopic (exact) mass is 348 g/mol. The standard InChI is InChI=1S/C16H21ClN6O/c1-10-13(14(17)22(3)21-10)12-6-4-9-23(12)11(2)15(24)20-16-18-7-5-8-19-16/h5,7-8,11-12H,4,6,9H2,1-3H3,(H,18,19,20,24)/t11-,12+/m0/s1. The van der Waals surface area contributed by atoms with E-state index in [1.807, 2.05) is 20.9 Å². The van der Waals surface area contributed by atoms with Gasteiger partial charge in [0.05, 0.1) is 11.7 Å². The summed E-state index contributed by atoms with van der Waals surface area (Å²) in [6, 6.07) is 1.50. The lowest BCUT2D eigenvalue weighted by Crippen LogP contribution is -2.42. The number of carbonyl (C=O) groups is 1. The molecule has 0 radical (unpaired) electrons. The molecule has 2 aromatic rings. The number of hydrogen-bond donors (Lipinski definition) is 1. The first kappa shape index (κ1) is 16.9. The van der Waals surface area contributed by atoms with Crippen molar-refractivity contribution in [2.24, 2.45) is 7.05 Å². The summed E-state index contributed by atoms with van der Waals surface area (Å²) in [5, 5.41) is 7.81. The molecule has 1 fully saturated rings. The van der Waals surface area contributed by atoms with Crippen LogP contribution in [0.1, 0.15) is 37.1 Å². The van der Waals surface area contributed by atoms with E-state index in [9.17, 15) is 4.79 Å². The molecule has 1 aliphatic rings. The maximum atomic E-state index is 12.6. The van der Waals surface area contributed by atoms with Crippen LogP contribution in [0.2, 0.25) is 5.15 Å². The predicted molar refractivity (Wildman–Crippen MR) is 91.8 cm³/mol. The Kier molecular flexibility index (Phi) is 4.82. The molecule has 1 aliphatic heterocycles. The van der Waals surface area contributed by atoms with Crippen molar-refractivity contribution in [1.82, 2.24) is 24.6 Å². The largest absolute Gasteiger partial charge is 0.293 e. The van der Waals surface area contributed by atoms with Gasteiger partial charge in [0.25, 0.3) is 0 Å². The molecule has 7 nitrogen and oxygen atoms in total. The van der Waals surface area contributed by atoms with Gasteiger partial charge in [0, 0.05) is 31.0 Å². The molecule has 0 aromatic carbocycles. The quantitative estimate of drug-likeness (QED) is 0.917. The van der Waals surface area contributed by atoms with Crippen LogP contribution in [-0.2, 0) is 11.8 Å². The van der Waals surface area contributed by atoms with Crippen LogP contribution in [0.15, 0.2) is 18.5 Å². The molecule has 8 heteroatoms. The van der Waals surface area contributed by atoms with E-state index in [0.717, 1.165) is 30.6 Å². The fourth-order valence-corrected chi connectivity index (χ4v) is 3.62. The minimum absolute atomic E-state index is 0.101. The Balaban J connectivity index is 1.78. The topological polar surface area (TPSA) is 75.9 Å². The van der Waals surface area contributed by atoms with Crippen molar-refractivity contribution in [3.8, 4) is 0 Å². The van der Waals surface area contributed by atoms with Crippen LogP contribution in [0, 0.1) is 6.92 Å². The molecule has 24 heavy (non-hydrogen) atoms. The summed E-state index contributed by atoms with van der Waals surface area (Å²) >= 11 is 6.43. The zero-order valence-electron chi connectivity index (χ0n) is 14.0. The van der Waals surface area contributed by atoms with Gasteiger partial charge in [-0.25, -0.2) is 9.97 Å². The van der Waals surface area contributed by atoms with Gasteiger partial charge < -0.3 is 0 Å². The average molecular weight is 349 g/mol. The fraction of sp³-hybridized carbons (Fsp3) is 0.500. The maximum Gasteiger partial charge on any atom is 0.243 e. The average Bonchev–Trinajstić information content (AvgIpc) is 3.12. The van der Waals surface area contributed by atoms with Crippen LogP contribution in [-0.4, -0.2) is 43.1 Å². The number of aryl methyl sites for hydroxylation is 2. The second-order valence-corrected chi connectivity index (χ2v) is 6.40. The Morgan fingerprint density at radius 3 is 2.75 bits per heavy atom. The van der Waals surface area contributed by atoms with Crippen LogP contribution >= 0.6 is 11.6 Å². The van der Waals surface area contributed by atoms with Crippen molar-refractivity contribution in [2.75, 3.05) is 11.9 Å². The number of carbonyl (C=O) groups excluding carboxylic acids is 1. The molecule has 2 aromatic heterocycles. The first-order valence-electron chi connectivity index (χ1n) is 8.01. The number of hydrogen-bond acceptors (Lipinski definition) is 5. The number of amides is 1. The van der Waals surface area contributed by atoms with Gasteiger partial charge >= 0.3 is 0 Å². The molecule has 0 unspecified atom stereocenters. The second-order valence-electron chi connectivity index (χ2n) is 6.05. The first-order chi connectivity index (χ1) is 11.5. The summed E-state index contributed by atoms with van der Waals surface area (Å²) in [6.45, 7) is 4.70. The molecule has 128 valence electrons. The van der Waals surface area contributed by atoms with Gasteiger partial charge in [-0.3, -0.25) is 19.7 Å². The van der Waals surface area contributed by atoms with Gasteiger partial charge in [-0.15, -0.1) is 0 Å². The number of aromatic nitrogens is 4. The van der Waals surface area contributed by atoms with Gasteiger partial charge in [0.15, 0.2) is 0 Å². The number of nitrogens with zero attached hydrogens (tertiary/aromatic N) is 5. The van der Waals surface area contributed by atoms with Crippen LogP contribution in [0.25, 0.3) is 0 Å². The molecule has 1 N–H and O–H groups in total. The van der Waals surface area contributed by atoms with E-state index in [4.69, 9.17) is 11.6 Å². The molecule has 0 spiro atoms. The molecule has 3 rings (SSSR count). The third kappa shape index (κ3) is 3.14. The summed E-state index contributed by atoms with van der Waals surface area (Å²) < 4.78 is 1.69. The summed E-state index contributed by atoms with van der Waals surface area (Å²) in [5.41, 5.74) is 1.94. The third-order valence-corrected chi connectivity index (χ3v) is 4.95. The molecule has 1 amide bonds. The van der Waals surface area contributed by atoms with E-state index in [-0.39, 0.29) is 18.0 Å². The maximum absolute atomic E-state index is 12.6. The Hall–Kier alpha value is -1.99. The molecular formula is C16H21ClN6O. The fourth-order valence-electron chi connectivity index (χ4n) is 3.32. The van der Waals surface area contributed by atoms with Crippen molar-refractivity contribution in [3.05, 3.63) is 34.9 Å². The van der Waals surface area contributed by atoms with Crippen LogP contribution < -0.4 is 5.32 Å². The Bertz CT molecular complexity index is 732. The van der Waals surface area contributed by atoms with E-state index in [1.165, 1.54) is 0 Å². The Labute approximate surface area is 146 Å². The molecule has 0 aliphatic carbocycles. The van der Waals surface area contributed by atoms with Crippen molar-refractivity contribution in [3.63, 3.8) is 0 Å². The van der Waals surface area contributed by atoms with Gasteiger partial charge in [-0.05, 0) is 39.3 Å². The van der Waals surface area contributed by atoms with Crippen LogP contribution in [0.3, 0.4) is 0 Å². The molecule has 0 bridgehead atoms. The van der Waals surface area contributed by atoms with Gasteiger partial charge in [0.2, 0.25) is 11.9 Å². The van der Waals surface area contributed by atoms with Crippen LogP contribution in [0.4, 0.5) is 5.95 Å². The van der Waals surface area contributed by atoms with Crippen LogP contribution in [0.5, 0.6) is 0 Å². The minimum atomic E-state index is -0.308. The highest BCUT2D eigenvalue weighted by molar-refractivity contribution is 6.30. The SMILES string of the molecule is Cc1nn(C)c(Cl)c1[C@H]1CCCN1[C@@H](C)C(=O)Nc1ncccn1. The van der Waals surface area contributed by atoms with E-state index in [1.54, 1.807) is 23.1 Å². The zero-order valence-corrected chi connectivity index (χ0v) is 14.8. The number of anilines is 1. The molecule has 0 saturated carbocycles. The summed E-state index contributed by atoms with van der Waals surface area (Å²) in [7, 11) is 1.83. The van der Waals surface area contributed by atoms with Crippen molar-refractivity contribution < 1.29 is 4.79 Å². The highest BCUT2D eigenvalue weighted by Gasteiger charge is 2.36. The summed E-state index contributed by atoms with van der Waals surface area (Å²) in [5.74, 6) is 0.200. The molecule has 1 saturated heterocycles. The normalized spacial score (nSPS) is 19.4. The van der Waals surface area contributed by atoms with Crippen molar-refractivity contribution in [1.29, 1.82) is 0 Å². The Morgan fingerprint density at radius 2 is 2.12 bits per heavy atom. The van der Waals surface area contributed by atoms with Crippen molar-refractivity contribution in [2.45, 2.75) is 38.8 Å². The molecular weight excluding hydrogens is 328 g/mol. The Morgan fingerprint density at radius 1 is 1.42 bits per heavy atom. The molecule has 3 heterocycles. The molecule has 2 atom stereocenters. The van der Waals surface area contributed by atoms with Crippen molar-refractivity contribution >= 4 is 23.5 Å². The van der Waals surface area contributed by atoms with Gasteiger partial charge in [-0.2, -0.15) is 5.10 Å². The number of halogens is 1. The van der Waals surface area contributed by atoms with E-state index in [0.29, 0.717) is 11.1 Å². The minimum Gasteiger partial charge on any atom is -0.293 e.